The van der Waals surface area contributed by atoms with Gasteiger partial charge in [0.1, 0.15) is 5.75 Å². The largest absolute Gasteiger partial charge is 0.494 e. The number of hydrazone groups is 1. The highest BCUT2D eigenvalue weighted by Crippen LogP contribution is 2.13. The third-order valence-corrected chi connectivity index (χ3v) is 5.22. The van der Waals surface area contributed by atoms with E-state index in [1.165, 1.54) is 25.7 Å². The maximum Gasteiger partial charge on any atom is 0.271 e. The van der Waals surface area contributed by atoms with Crippen LogP contribution < -0.4 is 15.5 Å². The van der Waals surface area contributed by atoms with Gasteiger partial charge in [-0.1, -0.05) is 50.8 Å². The minimum atomic E-state index is -0.333. The number of hydrogen-bond donors (Lipinski definition) is 2. The second-order valence-electron chi connectivity index (χ2n) is 7.93. The summed E-state index contributed by atoms with van der Waals surface area (Å²) >= 11 is 0. The molecule has 0 unspecified atom stereocenters. The first-order valence-corrected chi connectivity index (χ1v) is 11.7. The van der Waals surface area contributed by atoms with Crippen LogP contribution in [-0.2, 0) is 0 Å². The van der Waals surface area contributed by atoms with Gasteiger partial charge in [0.15, 0.2) is 0 Å². The Balaban J connectivity index is 1.42. The highest BCUT2D eigenvalue weighted by atomic mass is 16.5. The summed E-state index contributed by atoms with van der Waals surface area (Å²) in [6.07, 6.45) is 7.63. The molecule has 6 nitrogen and oxygen atoms in total. The molecule has 0 saturated carbocycles. The third-order valence-electron chi connectivity index (χ3n) is 5.22. The van der Waals surface area contributed by atoms with Gasteiger partial charge in [0, 0.05) is 16.8 Å². The molecule has 6 heteroatoms. The van der Waals surface area contributed by atoms with Gasteiger partial charge in [0.25, 0.3) is 11.8 Å². The van der Waals surface area contributed by atoms with Crippen molar-refractivity contribution in [3.63, 3.8) is 0 Å². The number of amides is 2. The van der Waals surface area contributed by atoms with Crippen LogP contribution in [0.4, 0.5) is 5.69 Å². The van der Waals surface area contributed by atoms with Gasteiger partial charge in [-0.25, -0.2) is 5.43 Å². The van der Waals surface area contributed by atoms with Gasteiger partial charge in [0.05, 0.1) is 12.8 Å². The number of anilines is 1. The quantitative estimate of drug-likeness (QED) is 0.197. The molecule has 2 N–H and O–H groups in total. The van der Waals surface area contributed by atoms with Crippen LogP contribution in [0.3, 0.4) is 0 Å². The molecule has 0 fully saturated rings. The predicted octanol–water partition coefficient (Wildman–Crippen LogP) is 6.05. The van der Waals surface area contributed by atoms with Gasteiger partial charge in [-0.05, 0) is 72.6 Å². The van der Waals surface area contributed by atoms with E-state index in [9.17, 15) is 9.59 Å². The number of carbonyl (C=O) groups excluding carboxylic acids is 2. The number of unbranched alkanes of at least 4 members (excludes halogenated alkanes) is 4. The van der Waals surface area contributed by atoms with Crippen molar-refractivity contribution in [1.82, 2.24) is 5.43 Å². The van der Waals surface area contributed by atoms with E-state index < -0.39 is 0 Å². The van der Waals surface area contributed by atoms with Crippen LogP contribution in [0, 0.1) is 0 Å². The lowest BCUT2D eigenvalue weighted by Gasteiger charge is -2.06. The van der Waals surface area contributed by atoms with E-state index in [2.05, 4.69) is 22.8 Å². The minimum Gasteiger partial charge on any atom is -0.494 e. The zero-order valence-corrected chi connectivity index (χ0v) is 19.5. The molecule has 176 valence electrons. The van der Waals surface area contributed by atoms with Crippen LogP contribution in [-0.4, -0.2) is 24.6 Å². The smallest absolute Gasteiger partial charge is 0.271 e. The third kappa shape index (κ3) is 8.20. The second kappa shape index (κ2) is 13.6. The Bertz CT molecular complexity index is 1060. The van der Waals surface area contributed by atoms with Gasteiger partial charge in [0.2, 0.25) is 0 Å². The SMILES string of the molecule is CCCCCCCOc1ccc(/C=N\NC(=O)c2ccc(NC(=O)c3ccccc3)cc2)cc1. The molecule has 0 radical (unpaired) electrons. The molecule has 34 heavy (non-hydrogen) atoms. The van der Waals surface area contributed by atoms with Crippen LogP contribution in [0.25, 0.3) is 0 Å². The summed E-state index contributed by atoms with van der Waals surface area (Å²) < 4.78 is 5.76. The molecule has 3 rings (SSSR count). The minimum absolute atomic E-state index is 0.203. The summed E-state index contributed by atoms with van der Waals surface area (Å²) in [5.74, 6) is 0.294. The van der Waals surface area contributed by atoms with E-state index in [-0.39, 0.29) is 11.8 Å². The first kappa shape index (κ1) is 24.7. The van der Waals surface area contributed by atoms with Crippen LogP contribution >= 0.6 is 0 Å². The van der Waals surface area contributed by atoms with Gasteiger partial charge in [-0.2, -0.15) is 5.10 Å². The van der Waals surface area contributed by atoms with E-state index >= 15 is 0 Å². The van der Waals surface area contributed by atoms with Crippen molar-refractivity contribution < 1.29 is 14.3 Å². The molecule has 3 aromatic carbocycles. The highest BCUT2D eigenvalue weighted by Gasteiger charge is 2.07. The molecule has 0 aliphatic carbocycles. The number of hydrogen-bond acceptors (Lipinski definition) is 4. The van der Waals surface area contributed by atoms with Crippen LogP contribution in [0.15, 0.2) is 84.0 Å². The molecule has 0 saturated heterocycles. The summed E-state index contributed by atoms with van der Waals surface area (Å²) in [5, 5.41) is 6.83. The highest BCUT2D eigenvalue weighted by molar-refractivity contribution is 6.04. The fourth-order valence-corrected chi connectivity index (χ4v) is 3.27. The molecule has 0 heterocycles. The molecule has 2 amide bonds. The molecular weight excluding hydrogens is 426 g/mol. The Morgan fingerprint density at radius 1 is 0.794 bits per heavy atom. The fourth-order valence-electron chi connectivity index (χ4n) is 3.27. The maximum absolute atomic E-state index is 12.3. The summed E-state index contributed by atoms with van der Waals surface area (Å²) in [7, 11) is 0. The Labute approximate surface area is 201 Å². The first-order valence-electron chi connectivity index (χ1n) is 11.7. The molecule has 0 aromatic heterocycles. The molecule has 0 bridgehead atoms. The van der Waals surface area contributed by atoms with E-state index in [1.807, 2.05) is 42.5 Å². The van der Waals surface area contributed by atoms with Gasteiger partial charge < -0.3 is 10.1 Å². The molecule has 0 aliphatic rings. The van der Waals surface area contributed by atoms with E-state index in [0.717, 1.165) is 24.3 Å². The summed E-state index contributed by atoms with van der Waals surface area (Å²) in [5.41, 5.74) is 5.00. The maximum atomic E-state index is 12.3. The van der Waals surface area contributed by atoms with Crippen LogP contribution in [0.1, 0.15) is 65.3 Å². The van der Waals surface area contributed by atoms with Gasteiger partial charge >= 0.3 is 0 Å². The number of nitrogens with zero attached hydrogens (tertiary/aromatic N) is 1. The zero-order chi connectivity index (χ0) is 24.0. The Morgan fingerprint density at radius 2 is 1.47 bits per heavy atom. The fraction of sp³-hybridized carbons (Fsp3) is 0.250. The second-order valence-corrected chi connectivity index (χ2v) is 7.93. The molecule has 0 spiro atoms. The number of benzene rings is 3. The summed E-state index contributed by atoms with van der Waals surface area (Å²) in [6, 6.07) is 23.2. The monoisotopic (exact) mass is 457 g/mol. The van der Waals surface area contributed by atoms with Crippen molar-refractivity contribution in [2.24, 2.45) is 5.10 Å². The average Bonchev–Trinajstić information content (AvgIpc) is 2.88. The molecule has 0 aliphatic heterocycles. The van der Waals surface area contributed by atoms with E-state index in [1.54, 1.807) is 42.6 Å². The Kier molecular flexibility index (Phi) is 9.87. The van der Waals surface area contributed by atoms with Crippen molar-refractivity contribution in [3.8, 4) is 5.75 Å². The van der Waals surface area contributed by atoms with Gasteiger partial charge in [-0.15, -0.1) is 0 Å². The van der Waals surface area contributed by atoms with E-state index in [4.69, 9.17) is 4.74 Å². The van der Waals surface area contributed by atoms with Crippen molar-refractivity contribution in [2.45, 2.75) is 39.0 Å². The van der Waals surface area contributed by atoms with E-state index in [0.29, 0.717) is 16.8 Å². The predicted molar refractivity (Wildman–Crippen MR) is 137 cm³/mol. The van der Waals surface area contributed by atoms with Crippen LogP contribution in [0.2, 0.25) is 0 Å². The molecule has 0 atom stereocenters. The average molecular weight is 458 g/mol. The summed E-state index contributed by atoms with van der Waals surface area (Å²) in [4.78, 5) is 24.5. The number of ether oxygens (including phenoxy) is 1. The Hall–Kier alpha value is -3.93. The number of nitrogens with one attached hydrogen (secondary N) is 2. The molecule has 3 aromatic rings. The normalized spacial score (nSPS) is 10.7. The molecular formula is C28H31N3O3. The van der Waals surface area contributed by atoms with Crippen molar-refractivity contribution in [1.29, 1.82) is 0 Å². The standard InChI is InChI=1S/C28H31N3O3/c1-2-3-4-5-9-20-34-26-18-12-22(13-19-26)21-29-31-28(33)24-14-16-25(17-15-24)30-27(32)23-10-7-6-8-11-23/h6-8,10-19,21H,2-5,9,20H2,1H3,(H,30,32)(H,31,33)/b29-21-. The topological polar surface area (TPSA) is 79.8 Å². The van der Waals surface area contributed by atoms with Crippen LogP contribution in [0.5, 0.6) is 5.75 Å². The lowest BCUT2D eigenvalue weighted by molar-refractivity contribution is 0.0954. The van der Waals surface area contributed by atoms with Crippen molar-refractivity contribution >= 4 is 23.7 Å². The number of rotatable bonds is 12. The lowest BCUT2D eigenvalue weighted by Crippen LogP contribution is -2.17. The first-order chi connectivity index (χ1) is 16.7. The Morgan fingerprint density at radius 3 is 2.18 bits per heavy atom. The van der Waals surface area contributed by atoms with Gasteiger partial charge in [-0.3, -0.25) is 9.59 Å². The number of carbonyl (C=O) groups is 2. The van der Waals surface area contributed by atoms with Crippen molar-refractivity contribution in [2.75, 3.05) is 11.9 Å². The zero-order valence-electron chi connectivity index (χ0n) is 19.5. The summed E-state index contributed by atoms with van der Waals surface area (Å²) in [6.45, 7) is 2.93. The lowest BCUT2D eigenvalue weighted by atomic mass is 10.1. The van der Waals surface area contributed by atoms with Crippen molar-refractivity contribution in [3.05, 3.63) is 95.6 Å².